The molecule has 218 valence electrons. The highest BCUT2D eigenvalue weighted by Crippen LogP contribution is 2.32. The van der Waals surface area contributed by atoms with Gasteiger partial charge < -0.3 is 10.2 Å². The average molecular weight is 594 g/mol. The minimum absolute atomic E-state index is 0.0361. The van der Waals surface area contributed by atoms with Gasteiger partial charge >= 0.3 is 0 Å². The van der Waals surface area contributed by atoms with Crippen LogP contribution in [-0.4, -0.2) is 28.5 Å². The Bertz CT molecular complexity index is 1910. The van der Waals surface area contributed by atoms with Crippen LogP contribution >= 0.6 is 11.3 Å². The quantitative estimate of drug-likeness (QED) is 0.250. The van der Waals surface area contributed by atoms with Gasteiger partial charge in [-0.15, -0.1) is 0 Å². The van der Waals surface area contributed by atoms with E-state index in [1.54, 1.807) is 35.8 Å². The van der Waals surface area contributed by atoms with Crippen molar-refractivity contribution in [3.05, 3.63) is 131 Å². The van der Waals surface area contributed by atoms with Crippen LogP contribution in [0.3, 0.4) is 0 Å². The summed E-state index contributed by atoms with van der Waals surface area (Å²) in [5.74, 6) is 0.284. The molecule has 43 heavy (non-hydrogen) atoms. The molecule has 4 aromatic rings. The summed E-state index contributed by atoms with van der Waals surface area (Å²) >= 11 is 1.22. The second-order valence-electron chi connectivity index (χ2n) is 11.0. The van der Waals surface area contributed by atoms with Crippen LogP contribution in [0.4, 0.5) is 17.1 Å². The summed E-state index contributed by atoms with van der Waals surface area (Å²) in [6, 6.07) is 22.7. The molecular weight excluding hydrogens is 562 g/mol. The molecule has 0 aliphatic carbocycles. The van der Waals surface area contributed by atoms with Crippen LogP contribution in [0.25, 0.3) is 6.08 Å². The van der Waals surface area contributed by atoms with Gasteiger partial charge in [0.15, 0.2) is 4.80 Å². The number of nitro benzene ring substituents is 1. The number of carbonyl (C=O) groups excluding carboxylic acids is 1. The van der Waals surface area contributed by atoms with Crippen LogP contribution in [0.2, 0.25) is 0 Å². The minimum atomic E-state index is -0.698. The fraction of sp³-hybridized carbons (Fsp3) is 0.242. The first-order valence-corrected chi connectivity index (χ1v) is 15.1. The van der Waals surface area contributed by atoms with Crippen LogP contribution in [0.5, 0.6) is 0 Å². The van der Waals surface area contributed by atoms with E-state index >= 15 is 0 Å². The van der Waals surface area contributed by atoms with Crippen LogP contribution in [0, 0.1) is 16.0 Å². The second-order valence-corrected chi connectivity index (χ2v) is 12.0. The van der Waals surface area contributed by atoms with E-state index in [-0.39, 0.29) is 17.2 Å². The van der Waals surface area contributed by atoms with E-state index in [2.05, 4.69) is 17.1 Å². The number of piperidine rings is 1. The lowest BCUT2D eigenvalue weighted by Crippen LogP contribution is -2.40. The van der Waals surface area contributed by atoms with Crippen molar-refractivity contribution in [3.63, 3.8) is 0 Å². The van der Waals surface area contributed by atoms with Gasteiger partial charge in [-0.2, -0.15) is 0 Å². The van der Waals surface area contributed by atoms with Gasteiger partial charge in [0, 0.05) is 42.2 Å². The second kappa shape index (κ2) is 11.8. The molecule has 1 atom stereocenters. The Morgan fingerprint density at radius 1 is 1.05 bits per heavy atom. The molecule has 1 N–H and O–H groups in total. The number of fused-ring (bicyclic) bond motifs is 1. The first-order chi connectivity index (χ1) is 20.8. The number of amides is 1. The van der Waals surface area contributed by atoms with E-state index < -0.39 is 11.0 Å². The van der Waals surface area contributed by atoms with Crippen LogP contribution in [-0.2, 0) is 4.79 Å². The van der Waals surface area contributed by atoms with Crippen molar-refractivity contribution in [1.29, 1.82) is 0 Å². The maximum absolute atomic E-state index is 14.2. The first-order valence-electron chi connectivity index (χ1n) is 14.3. The zero-order valence-corrected chi connectivity index (χ0v) is 24.7. The van der Waals surface area contributed by atoms with E-state index in [0.29, 0.717) is 37.8 Å². The van der Waals surface area contributed by atoms with Crippen molar-refractivity contribution in [3.8, 4) is 0 Å². The van der Waals surface area contributed by atoms with E-state index in [9.17, 15) is 19.7 Å². The van der Waals surface area contributed by atoms with Crippen molar-refractivity contribution in [2.45, 2.75) is 32.7 Å². The number of anilines is 2. The third kappa shape index (κ3) is 5.65. The SMILES string of the molecule is CC1=C(C(=O)Nc2ccccc2)[C@@H](c2ccccc2)n2c(s/c(=C/c3cc([N+](=O)[O-])ccc3N3CCC(C)CC3)c2=O)=N1. The summed E-state index contributed by atoms with van der Waals surface area (Å²) in [6.45, 7) is 5.69. The Kier molecular flexibility index (Phi) is 7.77. The summed E-state index contributed by atoms with van der Waals surface area (Å²) in [4.78, 5) is 46.6. The van der Waals surface area contributed by atoms with Crippen molar-refractivity contribution >= 4 is 40.4 Å². The topological polar surface area (TPSA) is 110 Å². The zero-order valence-electron chi connectivity index (χ0n) is 23.9. The van der Waals surface area contributed by atoms with Gasteiger partial charge in [0.2, 0.25) is 0 Å². The van der Waals surface area contributed by atoms with Gasteiger partial charge in [0.05, 0.1) is 26.8 Å². The van der Waals surface area contributed by atoms with E-state index in [4.69, 9.17) is 4.99 Å². The Hall–Kier alpha value is -4.83. The molecule has 2 aliphatic rings. The lowest BCUT2D eigenvalue weighted by Gasteiger charge is -2.33. The molecular formula is C33H31N5O4S. The number of nitrogens with one attached hydrogen (secondary N) is 1. The number of benzene rings is 3. The smallest absolute Gasteiger partial charge is 0.271 e. The number of allylic oxidation sites excluding steroid dienone is 1. The molecule has 1 fully saturated rings. The van der Waals surface area contributed by atoms with Crippen LogP contribution in [0.1, 0.15) is 43.9 Å². The van der Waals surface area contributed by atoms with Crippen LogP contribution in [0.15, 0.2) is 99.9 Å². The van der Waals surface area contributed by atoms with Gasteiger partial charge in [-0.05, 0) is 55.5 Å². The maximum Gasteiger partial charge on any atom is 0.271 e. The van der Waals surface area contributed by atoms with E-state index in [1.165, 1.54) is 23.5 Å². The molecule has 0 spiro atoms. The van der Waals surface area contributed by atoms with Gasteiger partial charge in [0.1, 0.15) is 0 Å². The van der Waals surface area contributed by atoms with Crippen LogP contribution < -0.4 is 25.1 Å². The number of nitro groups is 1. The molecule has 10 heteroatoms. The summed E-state index contributed by atoms with van der Waals surface area (Å²) in [7, 11) is 0. The number of hydrogen-bond donors (Lipinski definition) is 1. The molecule has 6 rings (SSSR count). The van der Waals surface area contributed by atoms with Gasteiger partial charge in [0.25, 0.3) is 17.2 Å². The summed E-state index contributed by atoms with van der Waals surface area (Å²) in [5, 5.41) is 14.6. The highest BCUT2D eigenvalue weighted by atomic mass is 32.1. The number of rotatable bonds is 6. The summed E-state index contributed by atoms with van der Waals surface area (Å²) in [5.41, 5.74) is 3.46. The Balaban J connectivity index is 1.49. The molecule has 1 amide bonds. The number of para-hydroxylation sites is 1. The van der Waals surface area contributed by atoms with Crippen molar-refractivity contribution in [1.82, 2.24) is 4.57 Å². The largest absolute Gasteiger partial charge is 0.371 e. The number of hydrogen-bond acceptors (Lipinski definition) is 7. The molecule has 3 heterocycles. The van der Waals surface area contributed by atoms with Gasteiger partial charge in [-0.1, -0.05) is 66.8 Å². The number of aromatic nitrogens is 1. The molecule has 0 unspecified atom stereocenters. The lowest BCUT2D eigenvalue weighted by atomic mass is 9.95. The predicted molar refractivity (Wildman–Crippen MR) is 169 cm³/mol. The molecule has 2 aliphatic heterocycles. The Labute approximate surface area is 252 Å². The highest BCUT2D eigenvalue weighted by Gasteiger charge is 2.32. The highest BCUT2D eigenvalue weighted by molar-refractivity contribution is 7.07. The molecule has 0 bridgehead atoms. The third-order valence-corrected chi connectivity index (χ3v) is 9.03. The molecule has 0 radical (unpaired) electrons. The number of carbonyl (C=O) groups is 1. The fourth-order valence-corrected chi connectivity index (χ4v) is 6.77. The standard InChI is InChI=1S/C33H31N5O4S/c1-21-15-17-36(18-16-21)27-14-13-26(38(41)42)19-24(27)20-28-32(40)37-30(23-9-5-3-6-10-23)29(22(2)34-33(37)43-28)31(39)35-25-11-7-4-8-12-25/h3-14,19-21,30H,15-18H2,1-2H3,(H,35,39)/b28-20+/t30-/m1/s1. The average Bonchev–Trinajstić information content (AvgIpc) is 3.31. The summed E-state index contributed by atoms with van der Waals surface area (Å²) < 4.78 is 1.96. The predicted octanol–water partition coefficient (Wildman–Crippen LogP) is 5.02. The Morgan fingerprint density at radius 3 is 2.40 bits per heavy atom. The maximum atomic E-state index is 14.2. The summed E-state index contributed by atoms with van der Waals surface area (Å²) in [6.07, 6.45) is 3.79. The normalized spacial score (nSPS) is 17.4. The van der Waals surface area contributed by atoms with Crippen molar-refractivity contribution in [2.24, 2.45) is 10.9 Å². The van der Waals surface area contributed by atoms with Crippen molar-refractivity contribution in [2.75, 3.05) is 23.3 Å². The number of non-ortho nitro benzene ring substituents is 1. The first kappa shape index (κ1) is 28.3. The number of thiazole rings is 1. The van der Waals surface area contributed by atoms with Crippen molar-refractivity contribution < 1.29 is 9.72 Å². The molecule has 1 aromatic heterocycles. The molecule has 3 aromatic carbocycles. The lowest BCUT2D eigenvalue weighted by molar-refractivity contribution is -0.384. The minimum Gasteiger partial charge on any atom is -0.371 e. The molecule has 9 nitrogen and oxygen atoms in total. The fourth-order valence-electron chi connectivity index (χ4n) is 5.73. The van der Waals surface area contributed by atoms with E-state index in [1.807, 2.05) is 48.5 Å². The third-order valence-electron chi connectivity index (χ3n) is 8.05. The monoisotopic (exact) mass is 593 g/mol. The van der Waals surface area contributed by atoms with Gasteiger partial charge in [-0.25, -0.2) is 4.99 Å². The number of nitrogens with zero attached hydrogens (tertiary/aromatic N) is 4. The van der Waals surface area contributed by atoms with Gasteiger partial charge in [-0.3, -0.25) is 24.3 Å². The Morgan fingerprint density at radius 2 is 1.72 bits per heavy atom. The van der Waals surface area contributed by atoms with E-state index in [0.717, 1.165) is 37.2 Å². The molecule has 0 saturated carbocycles. The zero-order chi connectivity index (χ0) is 30.1. The molecule has 1 saturated heterocycles.